The molecule has 0 heterocycles. The Bertz CT molecular complexity index is 1420. The first-order valence-corrected chi connectivity index (χ1v) is 9.44. The van der Waals surface area contributed by atoms with E-state index in [0.717, 1.165) is 44.5 Å². The Morgan fingerprint density at radius 3 is 1.93 bits per heavy atom. The second-order valence-electron chi connectivity index (χ2n) is 7.31. The molecule has 1 atom stereocenters. The molecule has 5 rings (SSSR count). The van der Waals surface area contributed by atoms with Gasteiger partial charge in [-0.2, -0.15) is 21.0 Å². The first-order chi connectivity index (χ1) is 14.7. The van der Waals surface area contributed by atoms with Gasteiger partial charge in [-0.3, -0.25) is 0 Å². The minimum absolute atomic E-state index is 0.0795. The molecule has 4 heteroatoms. The molecule has 0 saturated heterocycles. The fraction of sp³-hybridized carbons (Fsp3) is 0.0769. The lowest BCUT2D eigenvalue weighted by Gasteiger charge is -2.15. The second-order valence-corrected chi connectivity index (χ2v) is 7.31. The summed E-state index contributed by atoms with van der Waals surface area (Å²) in [5.41, 5.74) is 8.14. The molecule has 3 aromatic rings. The molecule has 0 fully saturated rings. The van der Waals surface area contributed by atoms with Crippen LogP contribution in [0.5, 0.6) is 0 Å². The van der Waals surface area contributed by atoms with Crippen LogP contribution >= 0.6 is 0 Å². The average Bonchev–Trinajstić information content (AvgIpc) is 3.28. The van der Waals surface area contributed by atoms with Crippen LogP contribution in [0.1, 0.15) is 28.2 Å². The van der Waals surface area contributed by atoms with Gasteiger partial charge in [-0.1, -0.05) is 48.5 Å². The van der Waals surface area contributed by atoms with Crippen LogP contribution in [0.15, 0.2) is 66.2 Å². The number of benzene rings is 3. The number of allylic oxidation sites excluding steroid dienone is 1. The van der Waals surface area contributed by atoms with Gasteiger partial charge in [-0.05, 0) is 56.6 Å². The Morgan fingerprint density at radius 1 is 0.633 bits per heavy atom. The van der Waals surface area contributed by atoms with Crippen molar-refractivity contribution in [3.8, 4) is 46.5 Å². The maximum atomic E-state index is 9.62. The summed E-state index contributed by atoms with van der Waals surface area (Å²) in [7, 11) is 0. The number of fused-ring (bicyclic) bond motifs is 6. The van der Waals surface area contributed by atoms with Crippen LogP contribution in [-0.4, -0.2) is 0 Å². The molecule has 3 aromatic carbocycles. The van der Waals surface area contributed by atoms with Gasteiger partial charge in [-0.15, -0.1) is 0 Å². The van der Waals surface area contributed by atoms with Crippen molar-refractivity contribution < 1.29 is 0 Å². The van der Waals surface area contributed by atoms with Crippen molar-refractivity contribution in [2.24, 2.45) is 5.92 Å². The van der Waals surface area contributed by atoms with E-state index >= 15 is 0 Å². The molecule has 0 bridgehead atoms. The van der Waals surface area contributed by atoms with Crippen molar-refractivity contribution in [3.05, 3.63) is 88.5 Å². The standard InChI is InChI=1S/C26H12N4/c27-11-15(12-28)25-19-7-3-1-5-17(19)21-9-24-22(10-23(21)25)18-6-2-4-8-20(18)26(24)16(13-29)14-30/h1-10,15,25H. The summed E-state index contributed by atoms with van der Waals surface area (Å²) in [4.78, 5) is 0. The summed E-state index contributed by atoms with van der Waals surface area (Å²) >= 11 is 0. The van der Waals surface area contributed by atoms with Gasteiger partial charge in [0.2, 0.25) is 0 Å². The van der Waals surface area contributed by atoms with Crippen molar-refractivity contribution in [2.75, 3.05) is 0 Å². The maximum Gasteiger partial charge on any atom is 0.144 e. The molecular formula is C26H12N4. The smallest absolute Gasteiger partial charge is 0.144 e. The molecule has 0 N–H and O–H groups in total. The molecule has 2 aliphatic rings. The molecule has 0 spiro atoms. The lowest BCUT2D eigenvalue weighted by Crippen LogP contribution is -2.08. The van der Waals surface area contributed by atoms with E-state index in [1.165, 1.54) is 0 Å². The van der Waals surface area contributed by atoms with E-state index in [9.17, 15) is 21.0 Å². The minimum atomic E-state index is -0.800. The van der Waals surface area contributed by atoms with Crippen LogP contribution in [0.3, 0.4) is 0 Å². The highest BCUT2D eigenvalue weighted by molar-refractivity contribution is 6.06. The predicted molar refractivity (Wildman–Crippen MR) is 111 cm³/mol. The fourth-order valence-corrected chi connectivity index (χ4v) is 4.74. The van der Waals surface area contributed by atoms with Crippen LogP contribution in [0, 0.1) is 51.2 Å². The van der Waals surface area contributed by atoms with Crippen molar-refractivity contribution in [1.82, 2.24) is 0 Å². The summed E-state index contributed by atoms with van der Waals surface area (Å²) in [6.07, 6.45) is 0. The van der Waals surface area contributed by atoms with Crippen molar-refractivity contribution in [3.63, 3.8) is 0 Å². The number of nitriles is 4. The lowest BCUT2D eigenvalue weighted by atomic mass is 9.84. The molecule has 0 radical (unpaired) electrons. The summed E-state index contributed by atoms with van der Waals surface area (Å²) < 4.78 is 0. The normalized spacial score (nSPS) is 14.4. The molecule has 4 nitrogen and oxygen atoms in total. The van der Waals surface area contributed by atoms with Gasteiger partial charge in [-0.25, -0.2) is 0 Å². The van der Waals surface area contributed by atoms with Crippen molar-refractivity contribution >= 4 is 5.57 Å². The van der Waals surface area contributed by atoms with E-state index in [4.69, 9.17) is 0 Å². The van der Waals surface area contributed by atoms with E-state index in [1.54, 1.807) is 0 Å². The first kappa shape index (κ1) is 17.5. The summed E-state index contributed by atoms with van der Waals surface area (Å²) in [6, 6.07) is 28.0. The molecule has 1 unspecified atom stereocenters. The zero-order valence-corrected chi connectivity index (χ0v) is 15.7. The third-order valence-electron chi connectivity index (χ3n) is 5.95. The molecule has 0 aromatic heterocycles. The number of nitrogens with zero attached hydrogens (tertiary/aromatic N) is 4. The van der Waals surface area contributed by atoms with Gasteiger partial charge >= 0.3 is 0 Å². The Hall–Kier alpha value is -4.64. The number of rotatable bonds is 1. The molecule has 0 amide bonds. The van der Waals surface area contributed by atoms with Gasteiger partial charge in [0.05, 0.1) is 12.1 Å². The molecule has 136 valence electrons. The van der Waals surface area contributed by atoms with Gasteiger partial charge in [0, 0.05) is 11.5 Å². The van der Waals surface area contributed by atoms with Crippen LogP contribution in [0.2, 0.25) is 0 Å². The molecule has 0 aliphatic heterocycles. The van der Waals surface area contributed by atoms with E-state index in [1.807, 2.05) is 72.8 Å². The Balaban J connectivity index is 1.88. The number of hydrogen-bond acceptors (Lipinski definition) is 4. The summed E-state index contributed by atoms with van der Waals surface area (Å²) in [5.74, 6) is -1.13. The third-order valence-corrected chi connectivity index (χ3v) is 5.95. The quantitative estimate of drug-likeness (QED) is 0.419. The van der Waals surface area contributed by atoms with Gasteiger partial charge in [0.25, 0.3) is 0 Å². The lowest BCUT2D eigenvalue weighted by molar-refractivity contribution is 0.725. The highest BCUT2D eigenvalue weighted by Gasteiger charge is 2.37. The monoisotopic (exact) mass is 380 g/mol. The average molecular weight is 380 g/mol. The molecule has 30 heavy (non-hydrogen) atoms. The third kappa shape index (κ3) is 2.17. The predicted octanol–water partition coefficient (Wildman–Crippen LogP) is 5.29. The Labute approximate surface area is 173 Å². The maximum absolute atomic E-state index is 9.62. The molecule has 0 saturated carbocycles. The molecular weight excluding hydrogens is 368 g/mol. The van der Waals surface area contributed by atoms with Crippen LogP contribution in [-0.2, 0) is 0 Å². The largest absolute Gasteiger partial charge is 0.197 e. The Kier molecular flexibility index (Phi) is 3.76. The van der Waals surface area contributed by atoms with Crippen LogP contribution in [0.4, 0.5) is 0 Å². The zero-order chi connectivity index (χ0) is 20.8. The number of hydrogen-bond donors (Lipinski definition) is 0. The first-order valence-electron chi connectivity index (χ1n) is 9.44. The zero-order valence-electron chi connectivity index (χ0n) is 15.7. The minimum Gasteiger partial charge on any atom is -0.197 e. The van der Waals surface area contributed by atoms with Crippen molar-refractivity contribution in [1.29, 1.82) is 21.0 Å². The summed E-state index contributed by atoms with van der Waals surface area (Å²) in [5, 5.41) is 38.4. The van der Waals surface area contributed by atoms with Crippen LogP contribution < -0.4 is 0 Å². The van der Waals surface area contributed by atoms with Gasteiger partial charge in [0.15, 0.2) is 0 Å². The Morgan fingerprint density at radius 2 is 1.27 bits per heavy atom. The SMILES string of the molecule is N#CC(C#N)=C1c2ccccc2-c2cc3c(cc21)-c1ccccc1C3C(C#N)C#N. The van der Waals surface area contributed by atoms with Gasteiger partial charge < -0.3 is 0 Å². The van der Waals surface area contributed by atoms with E-state index in [0.29, 0.717) is 5.57 Å². The highest BCUT2D eigenvalue weighted by Crippen LogP contribution is 2.54. The highest BCUT2D eigenvalue weighted by atomic mass is 14.4. The fourth-order valence-electron chi connectivity index (χ4n) is 4.74. The second kappa shape index (κ2) is 6.46. The van der Waals surface area contributed by atoms with Crippen molar-refractivity contribution in [2.45, 2.75) is 5.92 Å². The molecule has 2 aliphatic carbocycles. The van der Waals surface area contributed by atoms with Gasteiger partial charge in [0.1, 0.15) is 23.6 Å². The van der Waals surface area contributed by atoms with E-state index < -0.39 is 5.92 Å². The topological polar surface area (TPSA) is 95.2 Å². The summed E-state index contributed by atoms with van der Waals surface area (Å²) in [6.45, 7) is 0. The van der Waals surface area contributed by atoms with E-state index in [2.05, 4.69) is 12.1 Å². The van der Waals surface area contributed by atoms with Crippen LogP contribution in [0.25, 0.3) is 27.8 Å². The van der Waals surface area contributed by atoms with E-state index in [-0.39, 0.29) is 11.5 Å².